The fraction of sp³-hybridized carbons (Fsp3) is 0.841. The van der Waals surface area contributed by atoms with Crippen LogP contribution in [0, 0.1) is 11.8 Å². The zero-order valence-corrected chi connectivity index (χ0v) is 33.3. The van der Waals surface area contributed by atoms with E-state index in [0.29, 0.717) is 32.1 Å². The molecule has 1 aliphatic rings. The Kier molecular flexibility index (Phi) is 30.9. The van der Waals surface area contributed by atoms with Crippen LogP contribution >= 0.6 is 0 Å². The average Bonchev–Trinajstić information content (AvgIpc) is 3.40. The van der Waals surface area contributed by atoms with Crippen molar-refractivity contribution in [2.75, 3.05) is 13.2 Å². The lowest BCUT2D eigenvalue weighted by atomic mass is 9.90. The van der Waals surface area contributed by atoms with Crippen LogP contribution in [-0.4, -0.2) is 64.6 Å². The molecule has 0 aliphatic heterocycles. The molecule has 0 aromatic carbocycles. The second-order valence-electron chi connectivity index (χ2n) is 15.2. The summed E-state index contributed by atoms with van der Waals surface area (Å²) in [6.45, 7) is 3.82. The van der Waals surface area contributed by atoms with Gasteiger partial charge in [0.25, 0.3) is 0 Å². The van der Waals surface area contributed by atoms with E-state index in [2.05, 4.69) is 13.8 Å². The lowest BCUT2D eigenvalue weighted by Gasteiger charge is -2.16. The van der Waals surface area contributed by atoms with E-state index < -0.39 is 30.9 Å². The highest BCUT2D eigenvalue weighted by atomic mass is 16.6. The number of unbranched alkanes of at least 4 members (excludes halogenated alkanes) is 20. The van der Waals surface area contributed by atoms with Crippen LogP contribution in [0.15, 0.2) is 24.3 Å². The Morgan fingerprint density at radius 3 is 1.81 bits per heavy atom. The number of ketones is 1. The Hall–Kier alpha value is -2.03. The molecule has 1 rings (SSSR count). The maximum atomic E-state index is 12.5. The third-order valence-electron chi connectivity index (χ3n) is 10.4. The van der Waals surface area contributed by atoms with Gasteiger partial charge in [-0.05, 0) is 32.1 Å². The Morgan fingerprint density at radius 2 is 1.25 bits per heavy atom. The first-order valence-electron chi connectivity index (χ1n) is 21.5. The molecule has 0 saturated heterocycles. The molecule has 0 spiro atoms. The highest BCUT2D eigenvalue weighted by Crippen LogP contribution is 2.33. The van der Waals surface area contributed by atoms with Gasteiger partial charge in [0.2, 0.25) is 0 Å². The van der Waals surface area contributed by atoms with Gasteiger partial charge in [-0.3, -0.25) is 14.4 Å². The molecule has 1 fully saturated rings. The zero-order chi connectivity index (χ0) is 38.1. The summed E-state index contributed by atoms with van der Waals surface area (Å²) in [4.78, 5) is 36.9. The van der Waals surface area contributed by atoms with E-state index in [1.54, 1.807) is 12.2 Å². The van der Waals surface area contributed by atoms with Crippen LogP contribution in [0.3, 0.4) is 0 Å². The van der Waals surface area contributed by atoms with Gasteiger partial charge in [-0.15, -0.1) is 0 Å². The van der Waals surface area contributed by atoms with Gasteiger partial charge < -0.3 is 24.8 Å². The Balaban J connectivity index is 2.06. The average molecular weight is 735 g/mol. The van der Waals surface area contributed by atoms with Crippen molar-refractivity contribution < 1.29 is 39.2 Å². The molecule has 52 heavy (non-hydrogen) atoms. The summed E-state index contributed by atoms with van der Waals surface area (Å²) in [7, 11) is 0. The van der Waals surface area contributed by atoms with Crippen molar-refractivity contribution in [3.05, 3.63) is 24.3 Å². The quantitative estimate of drug-likeness (QED) is 0.0333. The van der Waals surface area contributed by atoms with Gasteiger partial charge >= 0.3 is 11.9 Å². The van der Waals surface area contributed by atoms with Crippen molar-refractivity contribution in [2.45, 2.75) is 212 Å². The highest BCUT2D eigenvalue weighted by Gasteiger charge is 2.39. The van der Waals surface area contributed by atoms with E-state index in [1.165, 1.54) is 96.3 Å². The van der Waals surface area contributed by atoms with Gasteiger partial charge in [0.1, 0.15) is 12.4 Å². The summed E-state index contributed by atoms with van der Waals surface area (Å²) >= 11 is 0. The summed E-state index contributed by atoms with van der Waals surface area (Å²) in [5.41, 5.74) is 0. The van der Waals surface area contributed by atoms with Gasteiger partial charge in [0.15, 0.2) is 6.10 Å². The number of aliphatic hydroxyl groups excluding tert-OH is 3. The van der Waals surface area contributed by atoms with Crippen molar-refractivity contribution in [3.63, 3.8) is 0 Å². The van der Waals surface area contributed by atoms with Crippen molar-refractivity contribution in [2.24, 2.45) is 11.8 Å². The van der Waals surface area contributed by atoms with E-state index in [4.69, 9.17) is 9.47 Å². The number of Topliss-reactive ketones (excluding diaryl/α,β-unsaturated/α-hetero) is 1. The molecule has 0 aromatic heterocycles. The van der Waals surface area contributed by atoms with E-state index in [1.807, 2.05) is 12.2 Å². The van der Waals surface area contributed by atoms with Crippen molar-refractivity contribution >= 4 is 17.7 Å². The van der Waals surface area contributed by atoms with E-state index >= 15 is 0 Å². The SMILES string of the molecule is CCCCCCCCCCCCCCCCCCCCC(=O)O[C@@H](CO)COC(=O)CCC/C=C\C[C@H]1C(=O)C[C@@H](O)[C@@H]1/C=C/[C@@H](O)CCCCC. The fourth-order valence-electron chi connectivity index (χ4n) is 7.01. The van der Waals surface area contributed by atoms with Gasteiger partial charge in [0, 0.05) is 31.1 Å². The second kappa shape index (κ2) is 33.5. The molecule has 1 saturated carbocycles. The minimum atomic E-state index is -0.856. The summed E-state index contributed by atoms with van der Waals surface area (Å²) < 4.78 is 10.6. The number of allylic oxidation sites excluding steroid dienone is 2. The third-order valence-corrected chi connectivity index (χ3v) is 10.4. The first-order chi connectivity index (χ1) is 25.3. The van der Waals surface area contributed by atoms with Crippen LogP contribution in [0.1, 0.15) is 194 Å². The van der Waals surface area contributed by atoms with E-state index in [-0.39, 0.29) is 43.0 Å². The highest BCUT2D eigenvalue weighted by molar-refractivity contribution is 5.84. The molecule has 8 heteroatoms. The largest absolute Gasteiger partial charge is 0.462 e. The Morgan fingerprint density at radius 1 is 0.731 bits per heavy atom. The lowest BCUT2D eigenvalue weighted by molar-refractivity contribution is -0.161. The fourth-order valence-corrected chi connectivity index (χ4v) is 7.01. The van der Waals surface area contributed by atoms with Gasteiger partial charge in [0.05, 0.1) is 18.8 Å². The zero-order valence-electron chi connectivity index (χ0n) is 33.3. The minimum Gasteiger partial charge on any atom is -0.462 e. The van der Waals surface area contributed by atoms with Crippen LogP contribution < -0.4 is 0 Å². The number of ether oxygens (including phenoxy) is 2. The molecule has 302 valence electrons. The Labute approximate surface area is 317 Å². The molecule has 8 nitrogen and oxygen atoms in total. The maximum absolute atomic E-state index is 12.5. The molecule has 0 amide bonds. The number of carbonyl (C=O) groups is 3. The van der Waals surface area contributed by atoms with Crippen molar-refractivity contribution in [3.8, 4) is 0 Å². The molecule has 0 aromatic rings. The standard InChI is InChI=1S/C44H78O8/c1-3-5-7-8-9-10-11-12-13-14-15-16-17-18-19-20-21-27-31-44(50)52-38(35-45)36-51-43(49)30-26-23-22-25-29-39-40(42(48)34-41(39)47)33-32-37(46)28-24-6-4-2/h22,25,32-33,37-40,42,45-46,48H,3-21,23-24,26-31,34-36H2,1-2H3/b25-22-,33-32+/t37-,38-,39+,40+,42+/m0/s1. The van der Waals surface area contributed by atoms with Crippen LogP contribution in [0.2, 0.25) is 0 Å². The number of aliphatic hydroxyl groups is 3. The topological polar surface area (TPSA) is 130 Å². The number of rotatable bonds is 35. The number of carbonyl (C=O) groups excluding carboxylic acids is 3. The van der Waals surface area contributed by atoms with E-state index in [0.717, 1.165) is 38.5 Å². The van der Waals surface area contributed by atoms with Crippen molar-refractivity contribution in [1.29, 1.82) is 0 Å². The molecule has 3 N–H and O–H groups in total. The van der Waals surface area contributed by atoms with Gasteiger partial charge in [-0.25, -0.2) is 0 Å². The smallest absolute Gasteiger partial charge is 0.306 e. The summed E-state index contributed by atoms with van der Waals surface area (Å²) in [5, 5.41) is 30.2. The first kappa shape index (κ1) is 48.0. The normalized spacial score (nSPS) is 18.8. The molecule has 0 bridgehead atoms. The van der Waals surface area contributed by atoms with Gasteiger partial charge in [-0.1, -0.05) is 167 Å². The number of hydrogen-bond acceptors (Lipinski definition) is 8. The molecule has 1 aliphatic carbocycles. The molecule has 0 radical (unpaired) electrons. The molecule has 5 atom stereocenters. The molecular formula is C44H78O8. The van der Waals surface area contributed by atoms with Crippen molar-refractivity contribution in [1.82, 2.24) is 0 Å². The monoisotopic (exact) mass is 735 g/mol. The molecular weight excluding hydrogens is 656 g/mol. The Bertz CT molecular complexity index is 947. The second-order valence-corrected chi connectivity index (χ2v) is 15.2. The third kappa shape index (κ3) is 25.9. The van der Waals surface area contributed by atoms with Crippen LogP contribution in [0.4, 0.5) is 0 Å². The van der Waals surface area contributed by atoms with Crippen LogP contribution in [-0.2, 0) is 23.9 Å². The number of hydrogen-bond donors (Lipinski definition) is 3. The summed E-state index contributed by atoms with van der Waals surface area (Å²) in [6.07, 6.45) is 34.6. The predicted molar refractivity (Wildman–Crippen MR) is 211 cm³/mol. The van der Waals surface area contributed by atoms with Crippen LogP contribution in [0.5, 0.6) is 0 Å². The lowest BCUT2D eigenvalue weighted by Crippen LogP contribution is -2.28. The van der Waals surface area contributed by atoms with Crippen LogP contribution in [0.25, 0.3) is 0 Å². The number of esters is 2. The molecule has 0 heterocycles. The first-order valence-corrected chi connectivity index (χ1v) is 21.5. The molecule has 0 unspecified atom stereocenters. The summed E-state index contributed by atoms with van der Waals surface area (Å²) in [6, 6.07) is 0. The summed E-state index contributed by atoms with van der Waals surface area (Å²) in [5.74, 6) is -1.36. The maximum Gasteiger partial charge on any atom is 0.306 e. The predicted octanol–water partition coefficient (Wildman–Crippen LogP) is 10.0. The van der Waals surface area contributed by atoms with E-state index in [9.17, 15) is 29.7 Å². The minimum absolute atomic E-state index is 0.0328. The van der Waals surface area contributed by atoms with Gasteiger partial charge in [-0.2, -0.15) is 0 Å².